The van der Waals surface area contributed by atoms with Crippen LogP contribution in [0.2, 0.25) is 0 Å². The molecular weight excluding hydrogens is 210 g/mol. The van der Waals surface area contributed by atoms with Crippen molar-refractivity contribution in [2.24, 2.45) is 0 Å². The fourth-order valence-electron chi connectivity index (χ4n) is 1.58. The number of halogens is 2. The minimum Gasteiger partial charge on any atom is -0.505 e. The second kappa shape index (κ2) is 3.93. The SMILES string of the molecule is Cc1cccc(-c2cccc(O)c2F)c1F. The summed E-state index contributed by atoms with van der Waals surface area (Å²) in [6.07, 6.45) is 0. The quantitative estimate of drug-likeness (QED) is 0.777. The average molecular weight is 220 g/mol. The molecule has 82 valence electrons. The number of aryl methyl sites for hydroxylation is 1. The Morgan fingerprint density at radius 3 is 2.12 bits per heavy atom. The molecule has 0 amide bonds. The van der Waals surface area contributed by atoms with Gasteiger partial charge >= 0.3 is 0 Å². The van der Waals surface area contributed by atoms with Crippen molar-refractivity contribution in [3.05, 3.63) is 53.6 Å². The van der Waals surface area contributed by atoms with E-state index in [1.807, 2.05) is 0 Å². The van der Waals surface area contributed by atoms with E-state index >= 15 is 0 Å². The first-order chi connectivity index (χ1) is 7.61. The maximum absolute atomic E-state index is 13.8. The number of phenols is 1. The molecule has 0 heterocycles. The van der Waals surface area contributed by atoms with Crippen LogP contribution in [-0.2, 0) is 0 Å². The topological polar surface area (TPSA) is 20.2 Å². The summed E-state index contributed by atoms with van der Waals surface area (Å²) in [4.78, 5) is 0. The van der Waals surface area contributed by atoms with Gasteiger partial charge < -0.3 is 5.11 Å². The zero-order chi connectivity index (χ0) is 11.7. The van der Waals surface area contributed by atoms with E-state index in [4.69, 9.17) is 0 Å². The molecule has 0 bridgehead atoms. The molecule has 0 aliphatic heterocycles. The number of rotatable bonds is 1. The van der Waals surface area contributed by atoms with Gasteiger partial charge in [-0.1, -0.05) is 30.3 Å². The molecule has 2 aromatic carbocycles. The Morgan fingerprint density at radius 1 is 0.875 bits per heavy atom. The van der Waals surface area contributed by atoms with Gasteiger partial charge in [-0.15, -0.1) is 0 Å². The molecule has 0 saturated carbocycles. The monoisotopic (exact) mass is 220 g/mol. The lowest BCUT2D eigenvalue weighted by atomic mass is 10.0. The van der Waals surface area contributed by atoms with Gasteiger partial charge in [0.1, 0.15) is 5.82 Å². The van der Waals surface area contributed by atoms with Gasteiger partial charge in [0.05, 0.1) is 0 Å². The third kappa shape index (κ3) is 1.65. The van der Waals surface area contributed by atoms with E-state index in [9.17, 15) is 13.9 Å². The van der Waals surface area contributed by atoms with E-state index in [0.29, 0.717) is 5.56 Å². The maximum atomic E-state index is 13.8. The molecule has 0 spiro atoms. The van der Waals surface area contributed by atoms with Crippen molar-refractivity contribution >= 4 is 0 Å². The summed E-state index contributed by atoms with van der Waals surface area (Å²) in [5.74, 6) is -1.74. The molecule has 2 aromatic rings. The molecule has 0 fully saturated rings. The van der Waals surface area contributed by atoms with Gasteiger partial charge in [-0.3, -0.25) is 0 Å². The van der Waals surface area contributed by atoms with Crippen LogP contribution in [-0.4, -0.2) is 5.11 Å². The van der Waals surface area contributed by atoms with Gasteiger partial charge in [-0.05, 0) is 18.6 Å². The summed E-state index contributed by atoms with van der Waals surface area (Å²) in [6, 6.07) is 8.89. The molecule has 1 N–H and O–H groups in total. The van der Waals surface area contributed by atoms with Crippen molar-refractivity contribution in [1.82, 2.24) is 0 Å². The van der Waals surface area contributed by atoms with Gasteiger partial charge in [0, 0.05) is 11.1 Å². The summed E-state index contributed by atoms with van der Waals surface area (Å²) in [5.41, 5.74) is 0.676. The van der Waals surface area contributed by atoms with Gasteiger partial charge in [-0.25, -0.2) is 8.78 Å². The fraction of sp³-hybridized carbons (Fsp3) is 0.0769. The Morgan fingerprint density at radius 2 is 1.44 bits per heavy atom. The van der Waals surface area contributed by atoms with Gasteiger partial charge in [0.25, 0.3) is 0 Å². The van der Waals surface area contributed by atoms with Crippen LogP contribution in [0.5, 0.6) is 5.75 Å². The van der Waals surface area contributed by atoms with E-state index in [0.717, 1.165) is 0 Å². The summed E-state index contributed by atoms with van der Waals surface area (Å²) in [5, 5.41) is 9.22. The highest BCUT2D eigenvalue weighted by molar-refractivity contribution is 5.67. The third-order valence-electron chi connectivity index (χ3n) is 2.46. The van der Waals surface area contributed by atoms with Crippen molar-refractivity contribution < 1.29 is 13.9 Å². The van der Waals surface area contributed by atoms with E-state index in [-0.39, 0.29) is 11.1 Å². The number of phenolic OH excluding ortho intramolecular Hbond substituents is 1. The average Bonchev–Trinajstić information content (AvgIpc) is 2.27. The van der Waals surface area contributed by atoms with Gasteiger partial charge in [-0.2, -0.15) is 0 Å². The molecule has 2 rings (SSSR count). The predicted molar refractivity (Wildman–Crippen MR) is 58.2 cm³/mol. The summed E-state index contributed by atoms with van der Waals surface area (Å²) < 4.78 is 27.3. The van der Waals surface area contributed by atoms with Crippen LogP contribution in [0.15, 0.2) is 36.4 Å². The van der Waals surface area contributed by atoms with Crippen LogP contribution < -0.4 is 0 Å². The van der Waals surface area contributed by atoms with Gasteiger partial charge in [0.15, 0.2) is 11.6 Å². The molecule has 0 atom stereocenters. The smallest absolute Gasteiger partial charge is 0.172 e. The van der Waals surface area contributed by atoms with E-state index in [1.165, 1.54) is 24.3 Å². The van der Waals surface area contributed by atoms with Crippen LogP contribution in [0, 0.1) is 18.6 Å². The van der Waals surface area contributed by atoms with Crippen LogP contribution >= 0.6 is 0 Å². The normalized spacial score (nSPS) is 10.4. The molecule has 3 heteroatoms. The molecule has 0 saturated heterocycles. The van der Waals surface area contributed by atoms with Crippen LogP contribution in [0.3, 0.4) is 0 Å². The second-order valence-electron chi connectivity index (χ2n) is 3.58. The largest absolute Gasteiger partial charge is 0.505 e. The van der Waals surface area contributed by atoms with E-state index in [1.54, 1.807) is 19.1 Å². The molecule has 0 radical (unpaired) electrons. The lowest BCUT2D eigenvalue weighted by Crippen LogP contribution is -1.91. The fourth-order valence-corrected chi connectivity index (χ4v) is 1.58. The molecule has 0 aliphatic carbocycles. The van der Waals surface area contributed by atoms with Crippen LogP contribution in [0.1, 0.15) is 5.56 Å². The van der Waals surface area contributed by atoms with E-state index in [2.05, 4.69) is 0 Å². The maximum Gasteiger partial charge on any atom is 0.172 e. The number of benzene rings is 2. The molecule has 0 aliphatic rings. The van der Waals surface area contributed by atoms with Crippen molar-refractivity contribution in [2.45, 2.75) is 6.92 Å². The van der Waals surface area contributed by atoms with E-state index < -0.39 is 17.4 Å². The zero-order valence-electron chi connectivity index (χ0n) is 8.67. The van der Waals surface area contributed by atoms with Crippen LogP contribution in [0.4, 0.5) is 8.78 Å². The minimum atomic E-state index is -0.799. The number of hydrogen-bond donors (Lipinski definition) is 1. The lowest BCUT2D eigenvalue weighted by Gasteiger charge is -2.07. The number of hydrogen-bond acceptors (Lipinski definition) is 1. The Kier molecular flexibility index (Phi) is 2.60. The molecular formula is C13H10F2O. The third-order valence-corrected chi connectivity index (χ3v) is 2.46. The second-order valence-corrected chi connectivity index (χ2v) is 3.58. The first-order valence-electron chi connectivity index (χ1n) is 4.84. The lowest BCUT2D eigenvalue weighted by molar-refractivity contribution is 0.433. The van der Waals surface area contributed by atoms with Gasteiger partial charge in [0.2, 0.25) is 0 Å². The molecule has 0 unspecified atom stereocenters. The van der Waals surface area contributed by atoms with Crippen molar-refractivity contribution in [3.8, 4) is 16.9 Å². The Hall–Kier alpha value is -1.90. The van der Waals surface area contributed by atoms with Crippen molar-refractivity contribution in [3.63, 3.8) is 0 Å². The standard InChI is InChI=1S/C13H10F2O/c1-8-4-2-5-9(12(8)14)10-6-3-7-11(16)13(10)15/h2-7,16H,1H3. The molecule has 0 aromatic heterocycles. The summed E-state index contributed by atoms with van der Waals surface area (Å²) in [6.45, 7) is 1.61. The highest BCUT2D eigenvalue weighted by Gasteiger charge is 2.13. The van der Waals surface area contributed by atoms with Crippen molar-refractivity contribution in [2.75, 3.05) is 0 Å². The first-order valence-corrected chi connectivity index (χ1v) is 4.84. The Bertz CT molecular complexity index is 486. The summed E-state index contributed by atoms with van der Waals surface area (Å²) >= 11 is 0. The Balaban J connectivity index is 2.68. The highest BCUT2D eigenvalue weighted by Crippen LogP contribution is 2.30. The molecule has 16 heavy (non-hydrogen) atoms. The Labute approximate surface area is 92.0 Å². The van der Waals surface area contributed by atoms with Crippen molar-refractivity contribution in [1.29, 1.82) is 0 Å². The molecule has 1 nitrogen and oxygen atoms in total. The highest BCUT2D eigenvalue weighted by atomic mass is 19.1. The number of aromatic hydroxyl groups is 1. The first kappa shape index (κ1) is 10.6. The van der Waals surface area contributed by atoms with Crippen LogP contribution in [0.25, 0.3) is 11.1 Å². The predicted octanol–water partition coefficient (Wildman–Crippen LogP) is 3.65. The minimum absolute atomic E-state index is 0.0706. The summed E-state index contributed by atoms with van der Waals surface area (Å²) in [7, 11) is 0. The zero-order valence-corrected chi connectivity index (χ0v) is 8.67.